The number of aryl methyl sites for hydroxylation is 1. The van der Waals surface area contributed by atoms with E-state index in [0.717, 1.165) is 11.3 Å². The molecule has 3 heteroatoms. The van der Waals surface area contributed by atoms with Crippen molar-refractivity contribution in [2.45, 2.75) is 32.6 Å². The van der Waals surface area contributed by atoms with Crippen LogP contribution in [0.4, 0.5) is 0 Å². The van der Waals surface area contributed by atoms with Crippen LogP contribution in [0.1, 0.15) is 37.4 Å². The number of nitrogens with zero attached hydrogens (tertiary/aromatic N) is 1. The molecule has 1 aromatic heterocycles. The van der Waals surface area contributed by atoms with Crippen LogP contribution >= 0.6 is 0 Å². The molecule has 0 bridgehead atoms. The van der Waals surface area contributed by atoms with E-state index in [4.69, 9.17) is 5.73 Å². The third-order valence-corrected chi connectivity index (χ3v) is 2.10. The first-order valence-corrected chi connectivity index (χ1v) is 4.82. The van der Waals surface area contributed by atoms with Crippen LogP contribution in [0.25, 0.3) is 0 Å². The van der Waals surface area contributed by atoms with Crippen LogP contribution in [0, 0.1) is 0 Å². The molecule has 76 valence electrons. The number of hydrogen-bond acceptors (Lipinski definition) is 2. The number of amides is 1. The van der Waals surface area contributed by atoms with Crippen LogP contribution < -0.4 is 5.73 Å². The Bertz CT molecular complexity index is 304. The van der Waals surface area contributed by atoms with Gasteiger partial charge in [-0.1, -0.05) is 19.9 Å². The first kappa shape index (κ1) is 10.7. The van der Waals surface area contributed by atoms with Gasteiger partial charge in [0.15, 0.2) is 0 Å². The number of aromatic nitrogens is 1. The molecule has 0 saturated heterocycles. The SMILES string of the molecule is CC(C)c1ccc(CCC(N)=O)cn1. The molecule has 0 fully saturated rings. The van der Waals surface area contributed by atoms with Gasteiger partial charge in [0, 0.05) is 18.3 Å². The van der Waals surface area contributed by atoms with Crippen LogP contribution in [0.2, 0.25) is 0 Å². The Kier molecular flexibility index (Phi) is 3.63. The van der Waals surface area contributed by atoms with Gasteiger partial charge in [0.25, 0.3) is 0 Å². The fourth-order valence-corrected chi connectivity index (χ4v) is 1.19. The van der Waals surface area contributed by atoms with E-state index in [0.29, 0.717) is 18.8 Å². The fraction of sp³-hybridized carbons (Fsp3) is 0.455. The topological polar surface area (TPSA) is 56.0 Å². The molecule has 0 spiro atoms. The van der Waals surface area contributed by atoms with E-state index >= 15 is 0 Å². The monoisotopic (exact) mass is 192 g/mol. The zero-order valence-electron chi connectivity index (χ0n) is 8.66. The second-order valence-corrected chi connectivity index (χ2v) is 3.71. The number of pyridine rings is 1. The molecule has 1 rings (SSSR count). The molecule has 3 nitrogen and oxygen atoms in total. The molecule has 2 N–H and O–H groups in total. The number of hydrogen-bond donors (Lipinski definition) is 1. The summed E-state index contributed by atoms with van der Waals surface area (Å²) < 4.78 is 0. The summed E-state index contributed by atoms with van der Waals surface area (Å²) in [7, 11) is 0. The normalized spacial score (nSPS) is 10.5. The van der Waals surface area contributed by atoms with Crippen molar-refractivity contribution in [3.8, 4) is 0 Å². The molecule has 1 heterocycles. The molecule has 0 aliphatic heterocycles. The van der Waals surface area contributed by atoms with Gasteiger partial charge in [0.1, 0.15) is 0 Å². The quantitative estimate of drug-likeness (QED) is 0.788. The van der Waals surface area contributed by atoms with E-state index in [1.165, 1.54) is 0 Å². The van der Waals surface area contributed by atoms with E-state index in [1.807, 2.05) is 18.3 Å². The zero-order valence-corrected chi connectivity index (χ0v) is 8.66. The Labute approximate surface area is 84.3 Å². The van der Waals surface area contributed by atoms with Crippen LogP contribution in [0.5, 0.6) is 0 Å². The van der Waals surface area contributed by atoms with Gasteiger partial charge in [-0.05, 0) is 24.0 Å². The average Bonchev–Trinajstić information content (AvgIpc) is 2.15. The van der Waals surface area contributed by atoms with Crippen LogP contribution in [-0.2, 0) is 11.2 Å². The van der Waals surface area contributed by atoms with Crippen molar-refractivity contribution in [3.63, 3.8) is 0 Å². The molecular weight excluding hydrogens is 176 g/mol. The molecule has 0 radical (unpaired) electrons. The molecule has 1 aromatic rings. The Morgan fingerprint density at radius 1 is 1.50 bits per heavy atom. The molecule has 0 atom stereocenters. The Morgan fingerprint density at radius 2 is 2.21 bits per heavy atom. The van der Waals surface area contributed by atoms with Gasteiger partial charge in [0.05, 0.1) is 0 Å². The Hall–Kier alpha value is -1.38. The Balaban J connectivity index is 2.59. The summed E-state index contributed by atoms with van der Waals surface area (Å²) in [4.78, 5) is 14.9. The predicted octanol–water partition coefficient (Wildman–Crippen LogP) is 1.62. The molecule has 0 saturated carbocycles. The van der Waals surface area contributed by atoms with Crippen molar-refractivity contribution in [1.29, 1.82) is 0 Å². The molecule has 0 aliphatic rings. The summed E-state index contributed by atoms with van der Waals surface area (Å²) >= 11 is 0. The lowest BCUT2D eigenvalue weighted by Gasteiger charge is -2.04. The predicted molar refractivity (Wildman–Crippen MR) is 55.8 cm³/mol. The smallest absolute Gasteiger partial charge is 0.217 e. The third-order valence-electron chi connectivity index (χ3n) is 2.10. The van der Waals surface area contributed by atoms with E-state index in [2.05, 4.69) is 18.8 Å². The van der Waals surface area contributed by atoms with E-state index in [1.54, 1.807) is 0 Å². The second-order valence-electron chi connectivity index (χ2n) is 3.71. The lowest BCUT2D eigenvalue weighted by molar-refractivity contribution is -0.117. The fourth-order valence-electron chi connectivity index (χ4n) is 1.19. The summed E-state index contributed by atoms with van der Waals surface area (Å²) in [5.74, 6) is 0.179. The minimum Gasteiger partial charge on any atom is -0.370 e. The van der Waals surface area contributed by atoms with Gasteiger partial charge in [-0.25, -0.2) is 0 Å². The van der Waals surface area contributed by atoms with E-state index < -0.39 is 0 Å². The van der Waals surface area contributed by atoms with Crippen LogP contribution in [0.15, 0.2) is 18.3 Å². The number of carbonyl (C=O) groups is 1. The molecule has 0 unspecified atom stereocenters. The first-order valence-electron chi connectivity index (χ1n) is 4.82. The highest BCUT2D eigenvalue weighted by Gasteiger charge is 2.01. The van der Waals surface area contributed by atoms with Crippen LogP contribution in [-0.4, -0.2) is 10.9 Å². The first-order chi connectivity index (χ1) is 6.59. The molecule has 0 aromatic carbocycles. The summed E-state index contributed by atoms with van der Waals surface area (Å²) in [6.07, 6.45) is 2.89. The van der Waals surface area contributed by atoms with Gasteiger partial charge < -0.3 is 5.73 Å². The standard InChI is InChI=1S/C11H16N2O/c1-8(2)10-5-3-9(7-13-10)4-6-11(12)14/h3,5,7-8H,4,6H2,1-2H3,(H2,12,14). The van der Waals surface area contributed by atoms with Gasteiger partial charge >= 0.3 is 0 Å². The van der Waals surface area contributed by atoms with Crippen molar-refractivity contribution in [1.82, 2.24) is 4.98 Å². The summed E-state index contributed by atoms with van der Waals surface area (Å²) in [6.45, 7) is 4.21. The van der Waals surface area contributed by atoms with E-state index in [9.17, 15) is 4.79 Å². The van der Waals surface area contributed by atoms with Crippen molar-refractivity contribution in [3.05, 3.63) is 29.6 Å². The van der Waals surface area contributed by atoms with Crippen LogP contribution in [0.3, 0.4) is 0 Å². The highest BCUT2D eigenvalue weighted by Crippen LogP contribution is 2.11. The summed E-state index contributed by atoms with van der Waals surface area (Å²) in [5.41, 5.74) is 7.20. The molecule has 14 heavy (non-hydrogen) atoms. The third kappa shape index (κ3) is 3.17. The number of nitrogens with two attached hydrogens (primary N) is 1. The number of primary amides is 1. The van der Waals surface area contributed by atoms with Crippen molar-refractivity contribution in [2.75, 3.05) is 0 Å². The lowest BCUT2D eigenvalue weighted by Crippen LogP contribution is -2.11. The highest BCUT2D eigenvalue weighted by molar-refractivity contribution is 5.73. The zero-order chi connectivity index (χ0) is 10.6. The maximum absolute atomic E-state index is 10.5. The molecular formula is C11H16N2O. The minimum atomic E-state index is -0.266. The largest absolute Gasteiger partial charge is 0.370 e. The number of carbonyl (C=O) groups excluding carboxylic acids is 1. The summed E-state index contributed by atoms with van der Waals surface area (Å²) in [6, 6.07) is 4.01. The van der Waals surface area contributed by atoms with Crippen molar-refractivity contribution < 1.29 is 4.79 Å². The highest BCUT2D eigenvalue weighted by atomic mass is 16.1. The second kappa shape index (κ2) is 4.74. The van der Waals surface area contributed by atoms with Gasteiger partial charge in [0.2, 0.25) is 5.91 Å². The van der Waals surface area contributed by atoms with E-state index in [-0.39, 0.29) is 5.91 Å². The molecule has 1 amide bonds. The number of rotatable bonds is 4. The maximum Gasteiger partial charge on any atom is 0.217 e. The van der Waals surface area contributed by atoms with Gasteiger partial charge in [-0.3, -0.25) is 9.78 Å². The maximum atomic E-state index is 10.5. The minimum absolute atomic E-state index is 0.266. The molecule has 0 aliphatic carbocycles. The van der Waals surface area contributed by atoms with Gasteiger partial charge in [-0.15, -0.1) is 0 Å². The van der Waals surface area contributed by atoms with Gasteiger partial charge in [-0.2, -0.15) is 0 Å². The Morgan fingerprint density at radius 3 is 2.64 bits per heavy atom. The van der Waals surface area contributed by atoms with Crippen molar-refractivity contribution >= 4 is 5.91 Å². The average molecular weight is 192 g/mol. The summed E-state index contributed by atoms with van der Waals surface area (Å²) in [5, 5.41) is 0. The lowest BCUT2D eigenvalue weighted by atomic mass is 10.1. The van der Waals surface area contributed by atoms with Crippen molar-refractivity contribution in [2.24, 2.45) is 5.73 Å².